The maximum absolute atomic E-state index is 13.3. The van der Waals surface area contributed by atoms with Gasteiger partial charge in [-0.25, -0.2) is 0 Å². The van der Waals surface area contributed by atoms with Crippen molar-refractivity contribution in [2.75, 3.05) is 21.3 Å². The third-order valence-corrected chi connectivity index (χ3v) is 5.14. The summed E-state index contributed by atoms with van der Waals surface area (Å²) >= 11 is 0. The van der Waals surface area contributed by atoms with Crippen molar-refractivity contribution in [2.45, 2.75) is 52.7 Å². The molecular weight excluding hydrogens is 415 g/mol. The molecule has 2 aromatic rings. The molecule has 1 atom stereocenters. The van der Waals surface area contributed by atoms with E-state index in [4.69, 9.17) is 23.7 Å². The van der Waals surface area contributed by atoms with Gasteiger partial charge in [0.2, 0.25) is 0 Å². The molecule has 0 aliphatic heterocycles. The third kappa shape index (κ3) is 7.03. The molecule has 0 heterocycles. The Balaban J connectivity index is 2.46. The van der Waals surface area contributed by atoms with E-state index >= 15 is 0 Å². The van der Waals surface area contributed by atoms with Crippen LogP contribution in [0.25, 0.3) is 0 Å². The molecule has 31 heavy (non-hydrogen) atoms. The number of rotatable bonds is 8. The summed E-state index contributed by atoms with van der Waals surface area (Å²) in [4.78, 5) is 13.3. The molecule has 2 rings (SSSR count). The van der Waals surface area contributed by atoms with E-state index in [1.54, 1.807) is 19.2 Å². The lowest BCUT2D eigenvalue weighted by Crippen LogP contribution is -2.26. The summed E-state index contributed by atoms with van der Waals surface area (Å²) in [6.45, 7) is 11.9. The van der Waals surface area contributed by atoms with Crippen LogP contribution in [0, 0.1) is 0 Å². The first-order chi connectivity index (χ1) is 14.4. The van der Waals surface area contributed by atoms with Crippen molar-refractivity contribution < 1.29 is 28.5 Å². The molecule has 170 valence electrons. The maximum atomic E-state index is 13.3. The molecule has 0 aromatic heterocycles. The van der Waals surface area contributed by atoms with Crippen LogP contribution in [0.15, 0.2) is 30.3 Å². The lowest BCUT2D eigenvalue weighted by molar-refractivity contribution is 0.107. The summed E-state index contributed by atoms with van der Waals surface area (Å²) < 4.78 is 28.3. The minimum atomic E-state index is -0.432. The number of ether oxygens (including phenoxy) is 5. The molecule has 0 aliphatic rings. The molecule has 0 fully saturated rings. The Kier molecular flexibility index (Phi) is 7.82. The number of hydrogen-bond acceptors (Lipinski definition) is 6. The van der Waals surface area contributed by atoms with Gasteiger partial charge in [0.1, 0.15) is 45.5 Å². The van der Waals surface area contributed by atoms with Crippen LogP contribution in [-0.4, -0.2) is 38.1 Å². The van der Waals surface area contributed by atoms with Gasteiger partial charge in [-0.2, -0.15) is 0 Å². The topological polar surface area (TPSA) is 63.2 Å². The second kappa shape index (κ2) is 9.78. The monoisotopic (exact) mass is 448 g/mol. The van der Waals surface area contributed by atoms with Crippen molar-refractivity contribution >= 4 is 19.4 Å². The second-order valence-corrected chi connectivity index (χ2v) is 10.2. The highest BCUT2D eigenvalue weighted by Gasteiger charge is 2.24. The highest BCUT2D eigenvalue weighted by molar-refractivity contribution is 7.66. The minimum absolute atomic E-state index is 0.125. The predicted molar refractivity (Wildman–Crippen MR) is 126 cm³/mol. The fraction of sp³-hybridized carbons (Fsp3) is 0.458. The van der Waals surface area contributed by atoms with E-state index in [-0.39, 0.29) is 19.7 Å². The standard InChI is InChI=1S/C24H33O6P/c1-23(2,3)29-15-10-11-20(17(12-15)30-24(4,5)6)31-22(25)21-18(27-8)13-16(26-7)14-19(21)28-9/h10-14,31H,1-9H3. The van der Waals surface area contributed by atoms with E-state index in [1.165, 1.54) is 14.2 Å². The van der Waals surface area contributed by atoms with Gasteiger partial charge in [0, 0.05) is 23.5 Å². The number of hydrogen-bond donors (Lipinski definition) is 0. The molecule has 0 N–H and O–H groups in total. The Morgan fingerprint density at radius 2 is 1.23 bits per heavy atom. The van der Waals surface area contributed by atoms with Gasteiger partial charge in [0.25, 0.3) is 0 Å². The minimum Gasteiger partial charge on any atom is -0.496 e. The van der Waals surface area contributed by atoms with Crippen molar-refractivity contribution in [1.29, 1.82) is 0 Å². The average molecular weight is 448 g/mol. The van der Waals surface area contributed by atoms with Gasteiger partial charge >= 0.3 is 0 Å². The Bertz CT molecular complexity index is 900. The smallest absolute Gasteiger partial charge is 0.193 e. The van der Waals surface area contributed by atoms with Gasteiger partial charge in [0.05, 0.1) is 21.3 Å². The van der Waals surface area contributed by atoms with Crippen molar-refractivity contribution in [2.24, 2.45) is 0 Å². The first kappa shape index (κ1) is 24.8. The van der Waals surface area contributed by atoms with Crippen LogP contribution in [-0.2, 0) is 0 Å². The van der Waals surface area contributed by atoms with Gasteiger partial charge in [-0.15, -0.1) is 0 Å². The molecule has 0 amide bonds. The van der Waals surface area contributed by atoms with Crippen LogP contribution in [0.2, 0.25) is 0 Å². The summed E-state index contributed by atoms with van der Waals surface area (Å²) in [5.41, 5.74) is -0.527. The van der Waals surface area contributed by atoms with E-state index < -0.39 is 5.60 Å². The SMILES string of the molecule is COc1cc(OC)c(C(=O)Pc2ccc(OC(C)(C)C)cc2OC(C)(C)C)c(OC)c1. The molecule has 0 saturated carbocycles. The molecule has 6 nitrogen and oxygen atoms in total. The van der Waals surface area contributed by atoms with Crippen LogP contribution in [0.1, 0.15) is 51.9 Å². The molecule has 0 saturated heterocycles. The first-order valence-electron chi connectivity index (χ1n) is 10.0. The fourth-order valence-electron chi connectivity index (χ4n) is 2.85. The second-order valence-electron chi connectivity index (χ2n) is 8.95. The van der Waals surface area contributed by atoms with Crippen molar-refractivity contribution in [3.8, 4) is 28.7 Å². The van der Waals surface area contributed by atoms with E-state index in [1.807, 2.05) is 59.7 Å². The van der Waals surface area contributed by atoms with E-state index in [2.05, 4.69) is 0 Å². The van der Waals surface area contributed by atoms with E-state index in [0.717, 1.165) is 5.30 Å². The summed E-state index contributed by atoms with van der Waals surface area (Å²) in [6, 6.07) is 8.93. The van der Waals surface area contributed by atoms with Crippen LogP contribution < -0.4 is 29.0 Å². The number of benzene rings is 2. The Hall–Kier alpha value is -2.46. The number of carbonyl (C=O) groups is 1. The van der Waals surface area contributed by atoms with Gasteiger partial charge in [-0.3, -0.25) is 4.79 Å². The largest absolute Gasteiger partial charge is 0.496 e. The molecule has 0 radical (unpaired) electrons. The van der Waals surface area contributed by atoms with Gasteiger partial charge in [-0.05, 0) is 62.3 Å². The Morgan fingerprint density at radius 1 is 0.710 bits per heavy atom. The molecule has 1 unspecified atom stereocenters. The summed E-state index contributed by atoms with van der Waals surface area (Å²) in [7, 11) is 4.38. The zero-order valence-electron chi connectivity index (χ0n) is 19.8. The Labute approximate surface area is 187 Å². The van der Waals surface area contributed by atoms with Gasteiger partial charge in [-0.1, -0.05) is 0 Å². The van der Waals surface area contributed by atoms with Crippen LogP contribution >= 0.6 is 8.58 Å². The highest BCUT2D eigenvalue weighted by atomic mass is 31.1. The average Bonchev–Trinajstić information content (AvgIpc) is 2.66. The van der Waals surface area contributed by atoms with Crippen molar-refractivity contribution in [3.05, 3.63) is 35.9 Å². The lowest BCUT2D eigenvalue weighted by atomic mass is 10.2. The maximum Gasteiger partial charge on any atom is 0.193 e. The molecular formula is C24H33O6P. The first-order valence-corrected chi connectivity index (χ1v) is 11.0. The zero-order chi connectivity index (χ0) is 23.4. The normalized spacial score (nSPS) is 12.0. The number of methoxy groups -OCH3 is 3. The molecule has 0 aliphatic carbocycles. The molecule has 2 aromatic carbocycles. The van der Waals surface area contributed by atoms with E-state index in [9.17, 15) is 4.79 Å². The molecule has 7 heteroatoms. The molecule has 0 bridgehead atoms. The van der Waals surface area contributed by atoms with Gasteiger partial charge < -0.3 is 23.7 Å². The lowest BCUT2D eigenvalue weighted by Gasteiger charge is -2.26. The zero-order valence-corrected chi connectivity index (χ0v) is 20.8. The Morgan fingerprint density at radius 3 is 1.68 bits per heavy atom. The highest BCUT2D eigenvalue weighted by Crippen LogP contribution is 2.39. The molecule has 0 spiro atoms. The summed E-state index contributed by atoms with van der Waals surface area (Å²) in [5, 5.41) is 0.779. The van der Waals surface area contributed by atoms with E-state index in [0.29, 0.717) is 34.3 Å². The third-order valence-electron chi connectivity index (χ3n) is 3.98. The van der Waals surface area contributed by atoms with Crippen LogP contribution in [0.5, 0.6) is 28.7 Å². The quantitative estimate of drug-likeness (QED) is 0.517. The predicted octanol–water partition coefficient (Wildman–Crippen LogP) is 5.21. The van der Waals surface area contributed by atoms with Crippen molar-refractivity contribution in [3.63, 3.8) is 0 Å². The van der Waals surface area contributed by atoms with Gasteiger partial charge in [0.15, 0.2) is 5.52 Å². The van der Waals surface area contributed by atoms with Crippen LogP contribution in [0.4, 0.5) is 0 Å². The van der Waals surface area contributed by atoms with Crippen LogP contribution in [0.3, 0.4) is 0 Å². The summed E-state index contributed by atoms with van der Waals surface area (Å²) in [6.07, 6.45) is 0. The number of carbonyl (C=O) groups excluding carboxylic acids is 1. The summed E-state index contributed by atoms with van der Waals surface area (Å²) in [5.74, 6) is 2.66. The fourth-order valence-corrected chi connectivity index (χ4v) is 3.88. The van der Waals surface area contributed by atoms with Crippen molar-refractivity contribution in [1.82, 2.24) is 0 Å².